The Morgan fingerprint density at radius 1 is 1.20 bits per heavy atom. The Labute approximate surface area is 121 Å². The normalized spacial score (nSPS) is 12.6. The SMILES string of the molecule is CCC(C)(C)C(=O)Nc1ccc(S(=O)NC(C)=O)cc1. The van der Waals surface area contributed by atoms with Crippen LogP contribution in [0.15, 0.2) is 29.2 Å². The molecule has 0 radical (unpaired) electrons. The Balaban J connectivity index is 2.75. The van der Waals surface area contributed by atoms with Gasteiger partial charge in [-0.3, -0.25) is 14.3 Å². The zero-order valence-corrected chi connectivity index (χ0v) is 13.0. The second-order valence-electron chi connectivity index (χ2n) is 5.14. The quantitative estimate of drug-likeness (QED) is 0.875. The fourth-order valence-corrected chi connectivity index (χ4v) is 2.07. The minimum Gasteiger partial charge on any atom is -0.326 e. The summed E-state index contributed by atoms with van der Waals surface area (Å²) in [6.45, 7) is 7.02. The fraction of sp³-hybridized carbons (Fsp3) is 0.429. The molecular formula is C14H20N2O3S. The van der Waals surface area contributed by atoms with Crippen LogP contribution in [0.25, 0.3) is 0 Å². The first-order chi connectivity index (χ1) is 9.26. The third-order valence-electron chi connectivity index (χ3n) is 3.06. The molecule has 2 amide bonds. The first-order valence-corrected chi connectivity index (χ1v) is 7.52. The van der Waals surface area contributed by atoms with Crippen molar-refractivity contribution in [1.82, 2.24) is 4.72 Å². The number of hydrogen-bond acceptors (Lipinski definition) is 3. The van der Waals surface area contributed by atoms with Crippen LogP contribution in [0.1, 0.15) is 34.1 Å². The van der Waals surface area contributed by atoms with Gasteiger partial charge in [-0.2, -0.15) is 0 Å². The van der Waals surface area contributed by atoms with E-state index in [1.165, 1.54) is 6.92 Å². The molecule has 1 aromatic rings. The number of nitrogens with one attached hydrogen (secondary N) is 2. The molecule has 6 heteroatoms. The van der Waals surface area contributed by atoms with E-state index >= 15 is 0 Å². The molecule has 2 N–H and O–H groups in total. The van der Waals surface area contributed by atoms with E-state index in [2.05, 4.69) is 10.0 Å². The standard InChI is InChI=1S/C14H20N2O3S/c1-5-14(3,4)13(18)15-11-6-8-12(9-7-11)20(19)16-10(2)17/h6-9H,5H2,1-4H3,(H,15,18)(H,16,17). The van der Waals surface area contributed by atoms with Gasteiger partial charge in [0, 0.05) is 18.0 Å². The van der Waals surface area contributed by atoms with Crippen molar-refractivity contribution in [2.24, 2.45) is 5.41 Å². The Kier molecular flexibility index (Phi) is 5.44. The fourth-order valence-electron chi connectivity index (χ4n) is 1.31. The van der Waals surface area contributed by atoms with Crippen LogP contribution in [0, 0.1) is 5.41 Å². The van der Waals surface area contributed by atoms with E-state index in [0.717, 1.165) is 6.42 Å². The molecule has 110 valence electrons. The van der Waals surface area contributed by atoms with Crippen LogP contribution < -0.4 is 10.0 Å². The van der Waals surface area contributed by atoms with Gasteiger partial charge in [0.2, 0.25) is 11.8 Å². The molecule has 0 heterocycles. The van der Waals surface area contributed by atoms with E-state index < -0.39 is 16.4 Å². The summed E-state index contributed by atoms with van der Waals surface area (Å²) in [5, 5.41) is 2.81. The summed E-state index contributed by atoms with van der Waals surface area (Å²) in [4.78, 5) is 23.3. The van der Waals surface area contributed by atoms with Crippen LogP contribution in [-0.4, -0.2) is 16.0 Å². The van der Waals surface area contributed by atoms with Gasteiger partial charge < -0.3 is 5.32 Å². The van der Waals surface area contributed by atoms with Crippen molar-refractivity contribution in [1.29, 1.82) is 0 Å². The largest absolute Gasteiger partial charge is 0.326 e. The number of benzene rings is 1. The number of hydrogen-bond donors (Lipinski definition) is 2. The Morgan fingerprint density at radius 3 is 2.20 bits per heavy atom. The molecule has 1 aromatic carbocycles. The third kappa shape index (κ3) is 4.45. The highest BCUT2D eigenvalue weighted by atomic mass is 32.2. The maximum Gasteiger partial charge on any atom is 0.230 e. The summed E-state index contributed by atoms with van der Waals surface area (Å²) in [7, 11) is -1.57. The molecule has 1 rings (SSSR count). The monoisotopic (exact) mass is 296 g/mol. The van der Waals surface area contributed by atoms with Gasteiger partial charge in [0.05, 0.1) is 4.90 Å². The lowest BCUT2D eigenvalue weighted by Gasteiger charge is -2.21. The summed E-state index contributed by atoms with van der Waals surface area (Å²) in [5.74, 6) is -0.416. The Bertz CT molecular complexity index is 524. The van der Waals surface area contributed by atoms with Crippen molar-refractivity contribution in [3.05, 3.63) is 24.3 Å². The number of anilines is 1. The van der Waals surface area contributed by atoms with Gasteiger partial charge in [-0.25, -0.2) is 4.21 Å². The smallest absolute Gasteiger partial charge is 0.230 e. The lowest BCUT2D eigenvalue weighted by molar-refractivity contribution is -0.124. The number of rotatable bonds is 5. The van der Waals surface area contributed by atoms with Crippen LogP contribution in [0.3, 0.4) is 0 Å². The van der Waals surface area contributed by atoms with Crippen molar-refractivity contribution in [2.75, 3.05) is 5.32 Å². The lowest BCUT2D eigenvalue weighted by Crippen LogP contribution is -2.30. The molecule has 0 fully saturated rings. The predicted molar refractivity (Wildman–Crippen MR) is 79.4 cm³/mol. The second-order valence-corrected chi connectivity index (χ2v) is 6.36. The highest BCUT2D eigenvalue weighted by Crippen LogP contribution is 2.22. The summed E-state index contributed by atoms with van der Waals surface area (Å²) < 4.78 is 14.0. The van der Waals surface area contributed by atoms with Gasteiger partial charge in [-0.05, 0) is 30.7 Å². The first kappa shape index (κ1) is 16.4. The third-order valence-corrected chi connectivity index (χ3v) is 4.23. The lowest BCUT2D eigenvalue weighted by atomic mass is 9.89. The van der Waals surface area contributed by atoms with Crippen LogP contribution in [0.4, 0.5) is 5.69 Å². The molecule has 0 aromatic heterocycles. The summed E-state index contributed by atoms with van der Waals surface area (Å²) in [6, 6.07) is 6.55. The van der Waals surface area contributed by atoms with Crippen molar-refractivity contribution in [3.63, 3.8) is 0 Å². The van der Waals surface area contributed by atoms with Crippen molar-refractivity contribution in [2.45, 2.75) is 39.0 Å². The van der Waals surface area contributed by atoms with Gasteiger partial charge in [0.25, 0.3) is 0 Å². The Hall–Kier alpha value is -1.69. The molecule has 0 aliphatic carbocycles. The average Bonchev–Trinajstić information content (AvgIpc) is 2.38. The van der Waals surface area contributed by atoms with E-state index in [4.69, 9.17) is 0 Å². The Morgan fingerprint density at radius 2 is 1.75 bits per heavy atom. The van der Waals surface area contributed by atoms with Gasteiger partial charge in [0.15, 0.2) is 11.0 Å². The highest BCUT2D eigenvalue weighted by molar-refractivity contribution is 7.83. The zero-order valence-electron chi connectivity index (χ0n) is 12.1. The van der Waals surface area contributed by atoms with Crippen molar-refractivity contribution in [3.8, 4) is 0 Å². The number of carbonyl (C=O) groups is 2. The molecule has 5 nitrogen and oxygen atoms in total. The van der Waals surface area contributed by atoms with E-state index in [-0.39, 0.29) is 11.8 Å². The van der Waals surface area contributed by atoms with Crippen LogP contribution in [0.2, 0.25) is 0 Å². The van der Waals surface area contributed by atoms with Crippen LogP contribution in [-0.2, 0) is 20.6 Å². The average molecular weight is 296 g/mol. The topological polar surface area (TPSA) is 75.3 Å². The number of amides is 2. The van der Waals surface area contributed by atoms with Gasteiger partial charge in [-0.1, -0.05) is 20.8 Å². The second kappa shape index (κ2) is 6.65. The molecule has 1 atom stereocenters. The highest BCUT2D eigenvalue weighted by Gasteiger charge is 2.25. The van der Waals surface area contributed by atoms with Crippen molar-refractivity contribution < 1.29 is 13.8 Å². The van der Waals surface area contributed by atoms with Crippen LogP contribution >= 0.6 is 0 Å². The van der Waals surface area contributed by atoms with E-state index in [1.54, 1.807) is 24.3 Å². The maximum absolute atomic E-state index is 12.0. The van der Waals surface area contributed by atoms with Gasteiger partial charge >= 0.3 is 0 Å². The predicted octanol–water partition coefficient (Wildman–Crippen LogP) is 2.22. The maximum atomic E-state index is 12.0. The molecule has 0 aliphatic heterocycles. The molecule has 0 saturated carbocycles. The minimum atomic E-state index is -1.57. The van der Waals surface area contributed by atoms with E-state index in [1.807, 2.05) is 20.8 Å². The molecule has 1 unspecified atom stereocenters. The molecule has 0 spiro atoms. The first-order valence-electron chi connectivity index (χ1n) is 6.37. The van der Waals surface area contributed by atoms with E-state index in [0.29, 0.717) is 10.6 Å². The zero-order chi connectivity index (χ0) is 15.3. The molecule has 0 bridgehead atoms. The van der Waals surface area contributed by atoms with Gasteiger partial charge in [-0.15, -0.1) is 0 Å². The molecule has 0 saturated heterocycles. The summed E-state index contributed by atoms with van der Waals surface area (Å²) in [5.41, 5.74) is 0.206. The minimum absolute atomic E-state index is 0.0595. The number of carbonyl (C=O) groups excluding carboxylic acids is 2. The molecule has 20 heavy (non-hydrogen) atoms. The van der Waals surface area contributed by atoms with Crippen LogP contribution in [0.5, 0.6) is 0 Å². The van der Waals surface area contributed by atoms with Gasteiger partial charge in [0.1, 0.15) is 0 Å². The summed E-state index contributed by atoms with van der Waals surface area (Å²) >= 11 is 0. The molecular weight excluding hydrogens is 276 g/mol. The van der Waals surface area contributed by atoms with Crippen molar-refractivity contribution >= 4 is 28.5 Å². The van der Waals surface area contributed by atoms with E-state index in [9.17, 15) is 13.8 Å². The molecule has 0 aliphatic rings. The summed E-state index contributed by atoms with van der Waals surface area (Å²) in [6.07, 6.45) is 0.740.